The summed E-state index contributed by atoms with van der Waals surface area (Å²) in [5.41, 5.74) is 10.9. The minimum absolute atomic E-state index is 0.0889. The van der Waals surface area contributed by atoms with E-state index in [1.165, 1.54) is 21.9 Å². The van der Waals surface area contributed by atoms with Gasteiger partial charge in [0.2, 0.25) is 0 Å². The van der Waals surface area contributed by atoms with Gasteiger partial charge in [0.05, 0.1) is 0 Å². The summed E-state index contributed by atoms with van der Waals surface area (Å²) >= 11 is 0. The molecule has 5 rings (SSSR count). The lowest BCUT2D eigenvalue weighted by Crippen LogP contribution is -2.46. The van der Waals surface area contributed by atoms with Crippen molar-refractivity contribution in [3.63, 3.8) is 0 Å². The molecule has 1 heteroatoms. The minimum Gasteiger partial charge on any atom is -0.0732 e. The number of hydrogen-bond acceptors (Lipinski definition) is 0. The van der Waals surface area contributed by atoms with Gasteiger partial charge in [0.15, 0.2) is 0 Å². The molecule has 0 N–H and O–H groups in total. The molecule has 0 saturated heterocycles. The van der Waals surface area contributed by atoms with Crippen LogP contribution in [0.1, 0.15) is 75.3 Å². The lowest BCUT2D eigenvalue weighted by atomic mass is 9.80. The predicted octanol–water partition coefficient (Wildman–Crippen LogP) is 7.03. The predicted molar refractivity (Wildman–Crippen MR) is 152 cm³/mol. The van der Waals surface area contributed by atoms with Crippen molar-refractivity contribution < 1.29 is 0 Å². The molecule has 174 valence electrons. The highest BCUT2D eigenvalue weighted by Crippen LogP contribution is 2.46. The van der Waals surface area contributed by atoms with Gasteiger partial charge in [-0.1, -0.05) is 137 Å². The van der Waals surface area contributed by atoms with Crippen molar-refractivity contribution >= 4 is 19.2 Å². The molecular weight excluding hydrogens is 424 g/mol. The van der Waals surface area contributed by atoms with Crippen LogP contribution in [0.25, 0.3) is 11.1 Å². The van der Waals surface area contributed by atoms with Crippen LogP contribution in [0.15, 0.2) is 78.9 Å². The smallest absolute Gasteiger partial charge is 0.0732 e. The maximum Gasteiger partial charge on any atom is 0.100 e. The van der Waals surface area contributed by atoms with E-state index in [9.17, 15) is 0 Å². The van der Waals surface area contributed by atoms with E-state index in [1.807, 2.05) is 0 Å². The van der Waals surface area contributed by atoms with Gasteiger partial charge in [0.1, 0.15) is 8.80 Å². The summed E-state index contributed by atoms with van der Waals surface area (Å²) in [6.45, 7) is 16.8. The van der Waals surface area contributed by atoms with Gasteiger partial charge >= 0.3 is 0 Å². The van der Waals surface area contributed by atoms with Gasteiger partial charge in [0, 0.05) is 5.92 Å². The molecule has 0 fully saturated rings. The molecule has 3 aromatic rings. The molecule has 0 aromatic heterocycles. The molecule has 2 aliphatic rings. The largest absolute Gasteiger partial charge is 0.100 e. The molecule has 1 unspecified atom stereocenters. The van der Waals surface area contributed by atoms with Gasteiger partial charge in [-0.3, -0.25) is 0 Å². The standard InChI is InChI=1S/C33H38Si/c1-32(2,3)28-19-13-18-24-25-21-29(33(4,5)6)31(34(7)23-16-9-8-10-17-23)30(22-14-11-12-15-22)27(25)20-26(24)28/h8-19,21-22,34H,20H2,1-7H3. The molecule has 0 spiro atoms. The molecule has 0 nitrogen and oxygen atoms in total. The van der Waals surface area contributed by atoms with Gasteiger partial charge in [-0.25, -0.2) is 0 Å². The number of benzene rings is 3. The van der Waals surface area contributed by atoms with E-state index in [2.05, 4.69) is 127 Å². The molecule has 0 heterocycles. The average molecular weight is 463 g/mol. The highest BCUT2D eigenvalue weighted by molar-refractivity contribution is 6.85. The third-order valence-corrected chi connectivity index (χ3v) is 10.6. The molecular formula is C33H38Si. The molecule has 2 aliphatic carbocycles. The first-order valence-electron chi connectivity index (χ1n) is 12.8. The second-order valence-electron chi connectivity index (χ2n) is 12.2. The van der Waals surface area contributed by atoms with Crippen LogP contribution < -0.4 is 10.4 Å². The van der Waals surface area contributed by atoms with Crippen LogP contribution in [0.5, 0.6) is 0 Å². The zero-order chi connectivity index (χ0) is 24.3. The van der Waals surface area contributed by atoms with Crippen molar-refractivity contribution in [3.05, 3.63) is 107 Å². The maximum atomic E-state index is 2.58. The van der Waals surface area contributed by atoms with Gasteiger partial charge in [-0.2, -0.15) is 0 Å². The van der Waals surface area contributed by atoms with Crippen LogP contribution in [0.4, 0.5) is 0 Å². The highest BCUT2D eigenvalue weighted by Gasteiger charge is 2.35. The number of allylic oxidation sites excluding steroid dienone is 4. The molecule has 0 radical (unpaired) electrons. The van der Waals surface area contributed by atoms with E-state index in [0.717, 1.165) is 6.42 Å². The fourth-order valence-corrected chi connectivity index (χ4v) is 9.05. The van der Waals surface area contributed by atoms with Crippen LogP contribution in [-0.2, 0) is 17.3 Å². The Morgan fingerprint density at radius 3 is 1.97 bits per heavy atom. The Bertz CT molecular complexity index is 1280. The summed E-state index contributed by atoms with van der Waals surface area (Å²) in [6, 6.07) is 20.9. The van der Waals surface area contributed by atoms with E-state index >= 15 is 0 Å². The Kier molecular flexibility index (Phi) is 5.60. The van der Waals surface area contributed by atoms with E-state index in [1.54, 1.807) is 27.4 Å². The Balaban J connectivity index is 1.84. The minimum atomic E-state index is -1.40. The van der Waals surface area contributed by atoms with Gasteiger partial charge in [0.25, 0.3) is 0 Å². The van der Waals surface area contributed by atoms with Gasteiger partial charge < -0.3 is 0 Å². The van der Waals surface area contributed by atoms with Gasteiger partial charge in [-0.15, -0.1) is 0 Å². The van der Waals surface area contributed by atoms with Crippen LogP contribution in [0.2, 0.25) is 6.55 Å². The van der Waals surface area contributed by atoms with Crippen LogP contribution in [0.3, 0.4) is 0 Å². The summed E-state index contributed by atoms with van der Waals surface area (Å²) in [5.74, 6) is 0.372. The first-order valence-corrected chi connectivity index (χ1v) is 15.1. The highest BCUT2D eigenvalue weighted by atomic mass is 28.3. The van der Waals surface area contributed by atoms with Crippen LogP contribution >= 0.6 is 0 Å². The molecule has 0 saturated carbocycles. The van der Waals surface area contributed by atoms with Crippen LogP contribution in [0, 0.1) is 0 Å². The Labute approximate surface area is 208 Å². The monoisotopic (exact) mass is 462 g/mol. The van der Waals surface area contributed by atoms with Crippen molar-refractivity contribution in [1.29, 1.82) is 0 Å². The van der Waals surface area contributed by atoms with E-state index in [-0.39, 0.29) is 10.8 Å². The fraction of sp³-hybridized carbons (Fsp3) is 0.333. The van der Waals surface area contributed by atoms with Crippen molar-refractivity contribution in [2.45, 2.75) is 71.3 Å². The Morgan fingerprint density at radius 1 is 0.706 bits per heavy atom. The van der Waals surface area contributed by atoms with E-state index in [4.69, 9.17) is 0 Å². The molecule has 34 heavy (non-hydrogen) atoms. The molecule has 1 atom stereocenters. The molecule has 3 aromatic carbocycles. The molecule has 0 aliphatic heterocycles. The summed E-state index contributed by atoms with van der Waals surface area (Å²) in [7, 11) is -1.40. The first-order chi connectivity index (χ1) is 16.1. The SMILES string of the molecule is C[SiH](c1ccccc1)c1c(C(C)(C)C)cc2c(c1C1C=CC=C1)Cc1c-2cccc1C(C)(C)C. The van der Waals surface area contributed by atoms with Crippen molar-refractivity contribution in [2.75, 3.05) is 0 Å². The zero-order valence-electron chi connectivity index (χ0n) is 21.9. The van der Waals surface area contributed by atoms with Crippen LogP contribution in [-0.4, -0.2) is 8.80 Å². The van der Waals surface area contributed by atoms with E-state index < -0.39 is 8.80 Å². The third kappa shape index (κ3) is 3.84. The van der Waals surface area contributed by atoms with Crippen molar-refractivity contribution in [3.8, 4) is 11.1 Å². The zero-order valence-corrected chi connectivity index (χ0v) is 23.0. The second-order valence-corrected chi connectivity index (χ2v) is 14.9. The van der Waals surface area contributed by atoms with Crippen molar-refractivity contribution in [2.24, 2.45) is 0 Å². The summed E-state index contributed by atoms with van der Waals surface area (Å²) < 4.78 is 0. The Hall–Kier alpha value is -2.64. The molecule has 0 amide bonds. The van der Waals surface area contributed by atoms with E-state index in [0.29, 0.717) is 5.92 Å². The number of rotatable bonds is 3. The van der Waals surface area contributed by atoms with Gasteiger partial charge in [-0.05, 0) is 56.2 Å². The number of fused-ring (bicyclic) bond motifs is 3. The second kappa shape index (κ2) is 8.24. The summed E-state index contributed by atoms with van der Waals surface area (Å²) in [6.07, 6.45) is 10.3. The Morgan fingerprint density at radius 2 is 1.35 bits per heavy atom. The fourth-order valence-electron chi connectivity index (χ4n) is 6.10. The summed E-state index contributed by atoms with van der Waals surface area (Å²) in [4.78, 5) is 0. The average Bonchev–Trinajstić information content (AvgIpc) is 3.44. The van der Waals surface area contributed by atoms with Crippen molar-refractivity contribution in [1.82, 2.24) is 0 Å². The lowest BCUT2D eigenvalue weighted by molar-refractivity contribution is 0.585. The summed E-state index contributed by atoms with van der Waals surface area (Å²) in [5, 5.41) is 3.20. The molecule has 0 bridgehead atoms. The third-order valence-electron chi connectivity index (χ3n) is 7.77. The maximum absolute atomic E-state index is 2.58. The quantitative estimate of drug-likeness (QED) is 0.287. The lowest BCUT2D eigenvalue weighted by Gasteiger charge is -2.32. The number of hydrogen-bond donors (Lipinski definition) is 0. The first kappa shape index (κ1) is 23.1. The topological polar surface area (TPSA) is 0 Å². The normalized spacial score (nSPS) is 16.1.